The Balaban J connectivity index is 1.98. The molecule has 15 heavy (non-hydrogen) atoms. The number of hydrogen-bond acceptors (Lipinski definition) is 5. The third-order valence-electron chi connectivity index (χ3n) is 1.97. The Bertz CT molecular complexity index is 413. The van der Waals surface area contributed by atoms with Gasteiger partial charge in [0, 0.05) is 36.1 Å². The molecule has 0 aliphatic rings. The van der Waals surface area contributed by atoms with Crippen molar-refractivity contribution in [1.82, 2.24) is 9.97 Å². The van der Waals surface area contributed by atoms with Crippen molar-refractivity contribution in [2.24, 2.45) is 0 Å². The van der Waals surface area contributed by atoms with E-state index in [-0.39, 0.29) is 0 Å². The maximum atomic E-state index is 4.14. The number of nitrogens with zero attached hydrogens (tertiary/aromatic N) is 2. The highest BCUT2D eigenvalue weighted by atomic mass is 32.1. The van der Waals surface area contributed by atoms with Gasteiger partial charge in [0.25, 0.3) is 0 Å². The van der Waals surface area contributed by atoms with E-state index in [0.29, 0.717) is 0 Å². The lowest BCUT2D eigenvalue weighted by Crippen LogP contribution is -1.99. The van der Waals surface area contributed by atoms with E-state index < -0.39 is 0 Å². The molecule has 0 spiro atoms. The lowest BCUT2D eigenvalue weighted by atomic mass is 10.3. The van der Waals surface area contributed by atoms with Gasteiger partial charge in [-0.15, -0.1) is 11.3 Å². The molecule has 2 heterocycles. The van der Waals surface area contributed by atoms with E-state index in [1.807, 2.05) is 30.9 Å². The molecule has 2 N–H and O–H groups in total. The van der Waals surface area contributed by atoms with Gasteiger partial charge in [0.1, 0.15) is 5.82 Å². The number of anilines is 2. The summed E-state index contributed by atoms with van der Waals surface area (Å²) in [6.07, 6.45) is 3.65. The number of aromatic nitrogens is 2. The van der Waals surface area contributed by atoms with E-state index in [0.717, 1.165) is 18.1 Å². The van der Waals surface area contributed by atoms with Crippen molar-refractivity contribution in [3.8, 4) is 0 Å². The molecule has 0 aromatic carbocycles. The van der Waals surface area contributed by atoms with E-state index in [1.54, 1.807) is 17.5 Å². The van der Waals surface area contributed by atoms with Crippen LogP contribution in [0.5, 0.6) is 0 Å². The third-order valence-corrected chi connectivity index (χ3v) is 2.75. The second-order valence-electron chi connectivity index (χ2n) is 3.00. The summed E-state index contributed by atoms with van der Waals surface area (Å²) < 4.78 is 0. The van der Waals surface area contributed by atoms with Crippen molar-refractivity contribution < 1.29 is 0 Å². The zero-order chi connectivity index (χ0) is 10.5. The summed E-state index contributed by atoms with van der Waals surface area (Å²) in [6, 6.07) is 3.92. The first kappa shape index (κ1) is 9.92. The first-order valence-corrected chi connectivity index (χ1v) is 5.51. The highest BCUT2D eigenvalue weighted by Gasteiger charge is 1.96. The van der Waals surface area contributed by atoms with Gasteiger partial charge >= 0.3 is 0 Å². The van der Waals surface area contributed by atoms with Crippen LogP contribution in [0.1, 0.15) is 4.88 Å². The zero-order valence-corrected chi connectivity index (χ0v) is 9.21. The smallest absolute Gasteiger partial charge is 0.127 e. The van der Waals surface area contributed by atoms with Crippen LogP contribution in [0.25, 0.3) is 0 Å². The van der Waals surface area contributed by atoms with E-state index in [4.69, 9.17) is 0 Å². The highest BCUT2D eigenvalue weighted by Crippen LogP contribution is 2.13. The van der Waals surface area contributed by atoms with E-state index in [1.165, 1.54) is 4.88 Å². The Labute approximate surface area is 92.4 Å². The maximum Gasteiger partial charge on any atom is 0.127 e. The fraction of sp³-hybridized carbons (Fsp3) is 0.200. The molecule has 2 aromatic heterocycles. The van der Waals surface area contributed by atoms with Crippen molar-refractivity contribution in [2.75, 3.05) is 17.7 Å². The van der Waals surface area contributed by atoms with Gasteiger partial charge in [-0.1, -0.05) is 0 Å². The van der Waals surface area contributed by atoms with Crippen molar-refractivity contribution in [1.29, 1.82) is 0 Å². The molecule has 0 aliphatic carbocycles. The molecule has 0 radical (unpaired) electrons. The van der Waals surface area contributed by atoms with Crippen molar-refractivity contribution in [2.45, 2.75) is 6.54 Å². The highest BCUT2D eigenvalue weighted by molar-refractivity contribution is 7.09. The SMILES string of the molecule is CNc1cc(NCc2cncs2)ccn1. The standard InChI is InChI=1S/C10H12N4S/c1-11-10-4-8(2-3-13-10)14-6-9-5-12-7-15-9/h2-5,7H,6H2,1H3,(H2,11,13,14). The van der Waals surface area contributed by atoms with Crippen LogP contribution in [0.2, 0.25) is 0 Å². The molecule has 4 nitrogen and oxygen atoms in total. The number of hydrogen-bond donors (Lipinski definition) is 2. The average Bonchev–Trinajstić information content (AvgIpc) is 2.79. The molecule has 0 amide bonds. The average molecular weight is 220 g/mol. The van der Waals surface area contributed by atoms with Gasteiger partial charge in [-0.2, -0.15) is 0 Å². The van der Waals surface area contributed by atoms with Gasteiger partial charge in [0.05, 0.1) is 12.1 Å². The summed E-state index contributed by atoms with van der Waals surface area (Å²) in [7, 11) is 1.86. The summed E-state index contributed by atoms with van der Waals surface area (Å²) in [6.45, 7) is 0.803. The van der Waals surface area contributed by atoms with Crippen LogP contribution in [0.15, 0.2) is 30.0 Å². The first-order chi connectivity index (χ1) is 7.38. The van der Waals surface area contributed by atoms with Gasteiger partial charge in [0.15, 0.2) is 0 Å². The minimum atomic E-state index is 0.803. The van der Waals surface area contributed by atoms with E-state index in [2.05, 4.69) is 20.6 Å². The van der Waals surface area contributed by atoms with Crippen LogP contribution in [0, 0.1) is 0 Å². The zero-order valence-electron chi connectivity index (χ0n) is 8.40. The van der Waals surface area contributed by atoms with Crippen molar-refractivity contribution in [3.63, 3.8) is 0 Å². The molecular weight excluding hydrogens is 208 g/mol. The predicted molar refractivity (Wildman–Crippen MR) is 63.2 cm³/mol. The Morgan fingerprint density at radius 3 is 3.13 bits per heavy atom. The number of pyridine rings is 1. The van der Waals surface area contributed by atoms with Gasteiger partial charge < -0.3 is 10.6 Å². The predicted octanol–water partition coefficient (Wildman–Crippen LogP) is 2.19. The lowest BCUT2D eigenvalue weighted by Gasteiger charge is -2.05. The molecule has 2 rings (SSSR count). The van der Waals surface area contributed by atoms with Gasteiger partial charge in [-0.25, -0.2) is 4.98 Å². The van der Waals surface area contributed by atoms with Crippen LogP contribution in [-0.2, 0) is 6.54 Å². The number of rotatable bonds is 4. The normalized spacial score (nSPS) is 9.93. The third kappa shape index (κ3) is 2.66. The second kappa shape index (κ2) is 4.75. The molecule has 78 valence electrons. The van der Waals surface area contributed by atoms with Gasteiger partial charge in [-0.3, -0.25) is 4.98 Å². The monoisotopic (exact) mass is 220 g/mol. The first-order valence-electron chi connectivity index (χ1n) is 4.63. The van der Waals surface area contributed by atoms with Crippen LogP contribution < -0.4 is 10.6 Å². The molecule has 0 bridgehead atoms. The van der Waals surface area contributed by atoms with Crippen molar-refractivity contribution >= 4 is 22.8 Å². The molecule has 5 heteroatoms. The molecule has 0 aliphatic heterocycles. The quantitative estimate of drug-likeness (QED) is 0.829. The Hall–Kier alpha value is -1.62. The van der Waals surface area contributed by atoms with E-state index >= 15 is 0 Å². The van der Waals surface area contributed by atoms with Crippen LogP contribution >= 0.6 is 11.3 Å². The summed E-state index contributed by atoms with van der Waals surface area (Å²) in [4.78, 5) is 9.38. The van der Waals surface area contributed by atoms with Gasteiger partial charge in [-0.05, 0) is 6.07 Å². The van der Waals surface area contributed by atoms with Crippen LogP contribution in [-0.4, -0.2) is 17.0 Å². The Morgan fingerprint density at radius 2 is 2.40 bits per heavy atom. The molecule has 0 atom stereocenters. The number of thiazole rings is 1. The molecule has 0 saturated carbocycles. The maximum absolute atomic E-state index is 4.14. The largest absolute Gasteiger partial charge is 0.380 e. The van der Waals surface area contributed by atoms with Crippen LogP contribution in [0.4, 0.5) is 11.5 Å². The molecular formula is C10H12N4S. The second-order valence-corrected chi connectivity index (χ2v) is 3.97. The fourth-order valence-corrected chi connectivity index (χ4v) is 1.73. The summed E-state index contributed by atoms with van der Waals surface area (Å²) in [5.74, 6) is 0.865. The summed E-state index contributed by atoms with van der Waals surface area (Å²) >= 11 is 1.65. The minimum Gasteiger partial charge on any atom is -0.380 e. The molecule has 0 fully saturated rings. The topological polar surface area (TPSA) is 49.8 Å². The summed E-state index contributed by atoms with van der Waals surface area (Å²) in [5.41, 5.74) is 2.89. The van der Waals surface area contributed by atoms with Crippen LogP contribution in [0.3, 0.4) is 0 Å². The minimum absolute atomic E-state index is 0.803. The molecule has 2 aromatic rings. The van der Waals surface area contributed by atoms with Crippen molar-refractivity contribution in [3.05, 3.63) is 34.9 Å². The van der Waals surface area contributed by atoms with E-state index in [9.17, 15) is 0 Å². The number of nitrogens with one attached hydrogen (secondary N) is 2. The lowest BCUT2D eigenvalue weighted by molar-refractivity contribution is 1.16. The molecule has 0 unspecified atom stereocenters. The fourth-order valence-electron chi connectivity index (χ4n) is 1.20. The summed E-state index contributed by atoms with van der Waals surface area (Å²) in [5, 5.41) is 6.31. The Kier molecular flexibility index (Phi) is 3.14. The Morgan fingerprint density at radius 1 is 1.47 bits per heavy atom. The van der Waals surface area contributed by atoms with Gasteiger partial charge in [0.2, 0.25) is 0 Å². The molecule has 0 saturated heterocycles.